The van der Waals surface area contributed by atoms with Crippen molar-refractivity contribution in [3.8, 4) is 5.75 Å². The second-order valence-corrected chi connectivity index (χ2v) is 5.34. The maximum Gasteiger partial charge on any atom is 0.186 e. The number of hydrogen-bond acceptors (Lipinski definition) is 4. The minimum absolute atomic E-state index is 0.00505. The molecule has 1 saturated heterocycles. The van der Waals surface area contributed by atoms with Crippen molar-refractivity contribution in [1.29, 1.82) is 0 Å². The molecule has 1 aromatic rings. The molecule has 0 aromatic heterocycles. The summed E-state index contributed by atoms with van der Waals surface area (Å²) in [7, 11) is 0. The molecule has 0 spiro atoms. The summed E-state index contributed by atoms with van der Waals surface area (Å²) in [5.41, 5.74) is 7.24. The van der Waals surface area contributed by atoms with Crippen LogP contribution in [0.4, 0.5) is 0 Å². The molecule has 0 saturated carbocycles. The van der Waals surface area contributed by atoms with E-state index in [1.165, 1.54) is 0 Å². The third-order valence-electron chi connectivity index (χ3n) is 4.02. The van der Waals surface area contributed by atoms with Gasteiger partial charge in [-0.2, -0.15) is 0 Å². The van der Waals surface area contributed by atoms with Gasteiger partial charge in [0.15, 0.2) is 5.78 Å². The van der Waals surface area contributed by atoms with E-state index in [9.17, 15) is 4.79 Å². The van der Waals surface area contributed by atoms with Crippen LogP contribution in [0.15, 0.2) is 18.2 Å². The summed E-state index contributed by atoms with van der Waals surface area (Å²) in [4.78, 5) is 12.7. The van der Waals surface area contributed by atoms with E-state index >= 15 is 0 Å². The molecule has 2 heterocycles. The number of benzene rings is 1. The zero-order chi connectivity index (χ0) is 13.3. The second kappa shape index (κ2) is 4.94. The maximum absolute atomic E-state index is 12.7. The van der Waals surface area contributed by atoms with Gasteiger partial charge >= 0.3 is 0 Å². The lowest BCUT2D eigenvalue weighted by atomic mass is 9.82. The number of carbonyl (C=O) groups excluding carboxylic acids is 1. The van der Waals surface area contributed by atoms with Crippen LogP contribution in [0, 0.1) is 0 Å². The monoisotopic (exact) mass is 261 g/mol. The van der Waals surface area contributed by atoms with Crippen LogP contribution in [0.5, 0.6) is 5.75 Å². The van der Waals surface area contributed by atoms with Crippen LogP contribution in [-0.4, -0.2) is 31.1 Å². The molecular formula is C15H19NO3. The Hall–Kier alpha value is -1.39. The summed E-state index contributed by atoms with van der Waals surface area (Å²) >= 11 is 0. The highest BCUT2D eigenvalue weighted by Crippen LogP contribution is 2.33. The molecule has 1 fully saturated rings. The van der Waals surface area contributed by atoms with Gasteiger partial charge in [0.1, 0.15) is 5.75 Å². The van der Waals surface area contributed by atoms with Crippen LogP contribution in [0.2, 0.25) is 0 Å². The van der Waals surface area contributed by atoms with Crippen LogP contribution in [-0.2, 0) is 11.2 Å². The van der Waals surface area contributed by atoms with E-state index in [1.807, 2.05) is 18.2 Å². The van der Waals surface area contributed by atoms with Crippen LogP contribution >= 0.6 is 0 Å². The summed E-state index contributed by atoms with van der Waals surface area (Å²) in [6.45, 7) is 1.79. The summed E-state index contributed by atoms with van der Waals surface area (Å²) in [5.74, 6) is 0.740. The minimum Gasteiger partial charge on any atom is -0.493 e. The number of rotatable bonds is 2. The molecule has 19 heavy (non-hydrogen) atoms. The number of para-hydroxylation sites is 1. The first kappa shape index (κ1) is 12.6. The number of hydrogen-bond donors (Lipinski definition) is 1. The van der Waals surface area contributed by atoms with E-state index in [4.69, 9.17) is 15.2 Å². The number of Topliss-reactive ketones (excluding diaryl/α,β-unsaturated/α-hetero) is 1. The van der Waals surface area contributed by atoms with Gasteiger partial charge in [0.25, 0.3) is 0 Å². The Bertz CT molecular complexity index is 492. The van der Waals surface area contributed by atoms with Crippen LogP contribution in [0.1, 0.15) is 35.2 Å². The lowest BCUT2D eigenvalue weighted by molar-refractivity contribution is 0.0445. The molecule has 2 N–H and O–H groups in total. The van der Waals surface area contributed by atoms with E-state index in [0.29, 0.717) is 38.2 Å². The molecule has 4 heteroatoms. The smallest absolute Gasteiger partial charge is 0.186 e. The Kier molecular flexibility index (Phi) is 3.29. The zero-order valence-electron chi connectivity index (χ0n) is 11.0. The predicted octanol–water partition coefficient (Wildman–Crippen LogP) is 1.70. The quantitative estimate of drug-likeness (QED) is 0.823. The zero-order valence-corrected chi connectivity index (χ0v) is 11.0. The molecule has 0 unspecified atom stereocenters. The number of carbonyl (C=O) groups is 1. The first-order chi connectivity index (χ1) is 9.21. The summed E-state index contributed by atoms with van der Waals surface area (Å²) in [6, 6.07) is 5.78. The Morgan fingerprint density at radius 2 is 2.00 bits per heavy atom. The number of ether oxygens (including phenoxy) is 2. The molecule has 3 rings (SSSR count). The maximum atomic E-state index is 12.7. The van der Waals surface area contributed by atoms with Crippen molar-refractivity contribution in [2.24, 2.45) is 5.73 Å². The van der Waals surface area contributed by atoms with Gasteiger partial charge in [0.05, 0.1) is 17.7 Å². The van der Waals surface area contributed by atoms with E-state index in [1.54, 1.807) is 0 Å². The molecule has 0 atom stereocenters. The highest BCUT2D eigenvalue weighted by molar-refractivity contribution is 6.05. The van der Waals surface area contributed by atoms with Crippen molar-refractivity contribution in [2.45, 2.75) is 31.2 Å². The Balaban J connectivity index is 1.95. The largest absolute Gasteiger partial charge is 0.493 e. The SMILES string of the molecule is NC1(C(=O)c2cccc3c2OCCC3)CCOCC1. The van der Waals surface area contributed by atoms with Gasteiger partial charge in [-0.1, -0.05) is 12.1 Å². The van der Waals surface area contributed by atoms with Crippen molar-refractivity contribution >= 4 is 5.78 Å². The van der Waals surface area contributed by atoms with Crippen molar-refractivity contribution in [2.75, 3.05) is 19.8 Å². The molecular weight excluding hydrogens is 242 g/mol. The van der Waals surface area contributed by atoms with E-state index in [-0.39, 0.29) is 5.78 Å². The molecule has 102 valence electrons. The minimum atomic E-state index is -0.797. The van der Waals surface area contributed by atoms with Crippen LogP contribution in [0.3, 0.4) is 0 Å². The van der Waals surface area contributed by atoms with Gasteiger partial charge in [-0.15, -0.1) is 0 Å². The van der Waals surface area contributed by atoms with Crippen molar-refractivity contribution < 1.29 is 14.3 Å². The normalized spacial score (nSPS) is 21.3. The van der Waals surface area contributed by atoms with Crippen molar-refractivity contribution in [1.82, 2.24) is 0 Å². The first-order valence-corrected chi connectivity index (χ1v) is 6.87. The Labute approximate surface area is 112 Å². The van der Waals surface area contributed by atoms with E-state index < -0.39 is 5.54 Å². The first-order valence-electron chi connectivity index (χ1n) is 6.87. The molecule has 2 aliphatic heterocycles. The van der Waals surface area contributed by atoms with Crippen LogP contribution in [0.25, 0.3) is 0 Å². The van der Waals surface area contributed by atoms with Crippen molar-refractivity contribution in [3.63, 3.8) is 0 Å². The molecule has 1 aromatic carbocycles. The van der Waals surface area contributed by atoms with Crippen LogP contribution < -0.4 is 10.5 Å². The summed E-state index contributed by atoms with van der Waals surface area (Å²) < 4.78 is 11.0. The predicted molar refractivity (Wildman–Crippen MR) is 71.6 cm³/mol. The molecule has 2 aliphatic rings. The second-order valence-electron chi connectivity index (χ2n) is 5.34. The highest BCUT2D eigenvalue weighted by atomic mass is 16.5. The lowest BCUT2D eigenvalue weighted by Gasteiger charge is -2.32. The van der Waals surface area contributed by atoms with Gasteiger partial charge in [-0.05, 0) is 37.3 Å². The molecule has 0 aliphatic carbocycles. The van der Waals surface area contributed by atoms with Gasteiger partial charge in [-0.3, -0.25) is 4.79 Å². The fourth-order valence-corrected chi connectivity index (χ4v) is 2.80. The van der Waals surface area contributed by atoms with Gasteiger partial charge in [-0.25, -0.2) is 0 Å². The summed E-state index contributed by atoms with van der Waals surface area (Å²) in [5, 5.41) is 0. The number of fused-ring (bicyclic) bond motifs is 1. The fraction of sp³-hybridized carbons (Fsp3) is 0.533. The van der Waals surface area contributed by atoms with Gasteiger partial charge < -0.3 is 15.2 Å². The Morgan fingerprint density at radius 3 is 2.79 bits per heavy atom. The fourth-order valence-electron chi connectivity index (χ4n) is 2.80. The standard InChI is InChI=1S/C15H19NO3/c16-15(6-9-18-10-7-15)14(17)12-5-1-3-11-4-2-8-19-13(11)12/h1,3,5H,2,4,6-10,16H2. The average Bonchev–Trinajstić information content (AvgIpc) is 2.47. The van der Waals surface area contributed by atoms with Gasteiger partial charge in [0, 0.05) is 13.2 Å². The average molecular weight is 261 g/mol. The highest BCUT2D eigenvalue weighted by Gasteiger charge is 2.38. The number of nitrogens with two attached hydrogens (primary N) is 1. The third kappa shape index (κ3) is 2.26. The molecule has 0 radical (unpaired) electrons. The van der Waals surface area contributed by atoms with E-state index in [2.05, 4.69) is 0 Å². The summed E-state index contributed by atoms with van der Waals surface area (Å²) in [6.07, 6.45) is 3.13. The lowest BCUT2D eigenvalue weighted by Crippen LogP contribution is -2.52. The number of ketones is 1. The topological polar surface area (TPSA) is 61.6 Å². The molecule has 0 bridgehead atoms. The third-order valence-corrected chi connectivity index (χ3v) is 4.02. The van der Waals surface area contributed by atoms with Crippen molar-refractivity contribution in [3.05, 3.63) is 29.3 Å². The van der Waals surface area contributed by atoms with E-state index in [0.717, 1.165) is 24.2 Å². The Morgan fingerprint density at radius 1 is 1.21 bits per heavy atom. The van der Waals surface area contributed by atoms with Gasteiger partial charge in [0.2, 0.25) is 0 Å². The molecule has 4 nitrogen and oxygen atoms in total. The number of aryl methyl sites for hydroxylation is 1. The molecule has 0 amide bonds.